The number of carboxylic acids is 1. The molecule has 0 amide bonds. The SMILES string of the molecule is O=C(O)CC1(CSC2=c3cc(/C=C/c4ccc5ccc(Cl)cc5n4)ccc3=CC=C3N=CCC=C32)CC1. The number of dihydropyridines is 1. The summed E-state index contributed by atoms with van der Waals surface area (Å²) in [5.41, 5.74) is 4.83. The van der Waals surface area contributed by atoms with Crippen molar-refractivity contribution in [2.24, 2.45) is 10.4 Å². The fraction of sp³-hybridized carbons (Fsp3) is 0.194. The molecule has 0 radical (unpaired) electrons. The molecule has 1 N–H and O–H groups in total. The van der Waals surface area contributed by atoms with Crippen molar-refractivity contribution in [1.82, 2.24) is 4.98 Å². The van der Waals surface area contributed by atoms with E-state index < -0.39 is 5.97 Å². The third kappa shape index (κ3) is 5.20. The van der Waals surface area contributed by atoms with Crippen LogP contribution in [0.4, 0.5) is 0 Å². The summed E-state index contributed by atoms with van der Waals surface area (Å²) in [6.07, 6.45) is 15.5. The summed E-state index contributed by atoms with van der Waals surface area (Å²) < 4.78 is 0. The van der Waals surface area contributed by atoms with Crippen LogP contribution in [0.15, 0.2) is 76.9 Å². The Balaban J connectivity index is 1.38. The summed E-state index contributed by atoms with van der Waals surface area (Å²) >= 11 is 7.94. The molecule has 37 heavy (non-hydrogen) atoms. The molecule has 2 heterocycles. The number of pyridine rings is 1. The van der Waals surface area contributed by atoms with Gasteiger partial charge in [0, 0.05) is 39.3 Å². The lowest BCUT2D eigenvalue weighted by Gasteiger charge is -2.18. The number of allylic oxidation sites excluding steroid dienone is 3. The van der Waals surface area contributed by atoms with Gasteiger partial charge in [-0.15, -0.1) is 11.8 Å². The monoisotopic (exact) mass is 524 g/mol. The average molecular weight is 525 g/mol. The van der Waals surface area contributed by atoms with E-state index in [9.17, 15) is 9.90 Å². The Kier molecular flexibility index (Phi) is 6.35. The number of benzene rings is 2. The normalized spacial score (nSPS) is 17.5. The van der Waals surface area contributed by atoms with Crippen LogP contribution in [-0.4, -0.2) is 28.0 Å². The maximum absolute atomic E-state index is 11.4. The molecular formula is C31H25ClN2O2S. The molecular weight excluding hydrogens is 500 g/mol. The van der Waals surface area contributed by atoms with E-state index in [4.69, 9.17) is 16.6 Å². The predicted molar refractivity (Wildman–Crippen MR) is 155 cm³/mol. The molecule has 0 spiro atoms. The van der Waals surface area contributed by atoms with Gasteiger partial charge >= 0.3 is 5.97 Å². The van der Waals surface area contributed by atoms with Crippen molar-refractivity contribution in [3.05, 3.63) is 98.7 Å². The summed E-state index contributed by atoms with van der Waals surface area (Å²) in [5, 5.41) is 13.4. The first kappa shape index (κ1) is 24.0. The lowest BCUT2D eigenvalue weighted by atomic mass is 10.1. The van der Waals surface area contributed by atoms with Gasteiger partial charge in [-0.1, -0.05) is 54.1 Å². The molecule has 3 aromatic rings. The predicted octanol–water partition coefficient (Wildman–Crippen LogP) is 6.23. The van der Waals surface area contributed by atoms with Crippen LogP contribution in [0.3, 0.4) is 0 Å². The molecule has 0 saturated heterocycles. The van der Waals surface area contributed by atoms with Gasteiger partial charge < -0.3 is 5.11 Å². The van der Waals surface area contributed by atoms with Gasteiger partial charge in [-0.05, 0) is 70.7 Å². The molecule has 0 unspecified atom stereocenters. The number of halogens is 1. The Morgan fingerprint density at radius 2 is 1.95 bits per heavy atom. The van der Waals surface area contributed by atoms with Gasteiger partial charge in [-0.25, -0.2) is 4.98 Å². The van der Waals surface area contributed by atoms with E-state index in [0.717, 1.165) is 68.9 Å². The van der Waals surface area contributed by atoms with Crippen molar-refractivity contribution in [2.75, 3.05) is 5.75 Å². The average Bonchev–Trinajstić information content (AvgIpc) is 3.67. The Labute approximate surface area is 224 Å². The van der Waals surface area contributed by atoms with Crippen LogP contribution in [0.1, 0.15) is 36.9 Å². The van der Waals surface area contributed by atoms with E-state index in [0.29, 0.717) is 5.02 Å². The highest BCUT2D eigenvalue weighted by molar-refractivity contribution is 8.08. The minimum absolute atomic E-state index is 0.0930. The fourth-order valence-electron chi connectivity index (χ4n) is 4.80. The van der Waals surface area contributed by atoms with Gasteiger partial charge in [-0.2, -0.15) is 0 Å². The number of aliphatic imine (C=N–C) groups is 1. The number of hydrogen-bond acceptors (Lipinski definition) is 4. The third-order valence-electron chi connectivity index (χ3n) is 7.05. The molecule has 0 atom stereocenters. The van der Waals surface area contributed by atoms with Crippen molar-refractivity contribution in [3.8, 4) is 0 Å². The number of thioether (sulfide) groups is 1. The Morgan fingerprint density at radius 3 is 2.78 bits per heavy atom. The Bertz CT molecular complexity index is 1680. The Hall–Kier alpha value is -3.41. The topological polar surface area (TPSA) is 62.5 Å². The first-order valence-electron chi connectivity index (χ1n) is 12.4. The van der Waals surface area contributed by atoms with Crippen LogP contribution >= 0.6 is 23.4 Å². The zero-order valence-electron chi connectivity index (χ0n) is 20.2. The van der Waals surface area contributed by atoms with Crippen LogP contribution in [0.5, 0.6) is 0 Å². The number of carbonyl (C=O) groups is 1. The zero-order chi connectivity index (χ0) is 25.4. The second kappa shape index (κ2) is 9.81. The molecule has 0 bridgehead atoms. The van der Waals surface area contributed by atoms with Gasteiger partial charge in [0.2, 0.25) is 0 Å². The summed E-state index contributed by atoms with van der Waals surface area (Å²) in [6.45, 7) is 0. The molecule has 2 aliphatic carbocycles. The maximum atomic E-state index is 11.4. The standard InChI is InChI=1S/C31H25ClN2O2S/c32-23-9-6-22-7-11-24(34-28(22)17-23)10-4-20-3-5-21-8-12-27-25(2-1-15-33-27)30(26(21)16-20)37-19-31(13-14-31)18-29(35)36/h2-12,15-17H,1,13-14,18-19H2,(H,35,36)/b10-4+. The number of aliphatic carboxylic acids is 1. The largest absolute Gasteiger partial charge is 0.481 e. The third-order valence-corrected chi connectivity index (χ3v) is 8.77. The molecule has 6 rings (SSSR count). The highest BCUT2D eigenvalue weighted by Crippen LogP contribution is 2.52. The highest BCUT2D eigenvalue weighted by Gasteiger charge is 2.44. The van der Waals surface area contributed by atoms with E-state index in [1.807, 2.05) is 36.6 Å². The van der Waals surface area contributed by atoms with Gasteiger partial charge in [0.25, 0.3) is 0 Å². The molecule has 1 aliphatic heterocycles. The van der Waals surface area contributed by atoms with E-state index >= 15 is 0 Å². The Morgan fingerprint density at radius 1 is 1.08 bits per heavy atom. The summed E-state index contributed by atoms with van der Waals surface area (Å²) in [4.78, 5) is 22.0. The van der Waals surface area contributed by atoms with Crippen LogP contribution < -0.4 is 10.4 Å². The highest BCUT2D eigenvalue weighted by atomic mass is 35.5. The molecule has 1 saturated carbocycles. The van der Waals surface area contributed by atoms with Gasteiger partial charge in [-0.3, -0.25) is 9.79 Å². The van der Waals surface area contributed by atoms with E-state index in [1.165, 1.54) is 4.91 Å². The van der Waals surface area contributed by atoms with Crippen molar-refractivity contribution < 1.29 is 9.90 Å². The maximum Gasteiger partial charge on any atom is 0.303 e. The smallest absolute Gasteiger partial charge is 0.303 e. The van der Waals surface area contributed by atoms with Crippen molar-refractivity contribution in [2.45, 2.75) is 25.7 Å². The lowest BCUT2D eigenvalue weighted by Crippen LogP contribution is -2.27. The van der Waals surface area contributed by atoms with Crippen molar-refractivity contribution in [3.63, 3.8) is 0 Å². The minimum atomic E-state index is -0.711. The summed E-state index contributed by atoms with van der Waals surface area (Å²) in [7, 11) is 0. The second-order valence-electron chi connectivity index (χ2n) is 9.83. The molecule has 4 nitrogen and oxygen atoms in total. The second-order valence-corrected chi connectivity index (χ2v) is 11.2. The number of carboxylic acid groups (broad SMARTS) is 1. The number of aromatic nitrogens is 1. The van der Waals surface area contributed by atoms with E-state index in [-0.39, 0.29) is 11.8 Å². The number of rotatable bonds is 7. The zero-order valence-corrected chi connectivity index (χ0v) is 21.7. The van der Waals surface area contributed by atoms with Crippen molar-refractivity contribution in [1.29, 1.82) is 0 Å². The summed E-state index contributed by atoms with van der Waals surface area (Å²) in [5.74, 6) is 0.0863. The molecule has 184 valence electrons. The van der Waals surface area contributed by atoms with Gasteiger partial charge in [0.15, 0.2) is 0 Å². The molecule has 6 heteroatoms. The van der Waals surface area contributed by atoms with Crippen molar-refractivity contribution >= 4 is 69.6 Å². The van der Waals surface area contributed by atoms with E-state index in [1.54, 1.807) is 11.8 Å². The quantitative estimate of drug-likeness (QED) is 0.398. The molecule has 1 aromatic heterocycles. The van der Waals surface area contributed by atoms with Gasteiger partial charge in [0.1, 0.15) is 0 Å². The van der Waals surface area contributed by atoms with Crippen LogP contribution in [0.2, 0.25) is 5.02 Å². The lowest BCUT2D eigenvalue weighted by molar-refractivity contribution is -0.138. The van der Waals surface area contributed by atoms with Gasteiger partial charge in [0.05, 0.1) is 23.3 Å². The molecule has 2 aromatic carbocycles. The van der Waals surface area contributed by atoms with Crippen LogP contribution in [0, 0.1) is 5.41 Å². The van der Waals surface area contributed by atoms with Crippen LogP contribution in [0.25, 0.3) is 34.0 Å². The number of fused-ring (bicyclic) bond motifs is 3. The number of nitrogens with zero attached hydrogens (tertiary/aromatic N) is 2. The first-order chi connectivity index (χ1) is 18.0. The number of hydrogen-bond donors (Lipinski definition) is 1. The molecule has 1 fully saturated rings. The van der Waals surface area contributed by atoms with E-state index in [2.05, 4.69) is 53.6 Å². The molecule has 3 aliphatic rings. The fourth-order valence-corrected chi connectivity index (χ4v) is 6.49. The van der Waals surface area contributed by atoms with Crippen LogP contribution in [-0.2, 0) is 4.79 Å². The summed E-state index contributed by atoms with van der Waals surface area (Å²) in [6, 6.07) is 16.3. The first-order valence-corrected chi connectivity index (χ1v) is 13.7. The minimum Gasteiger partial charge on any atom is -0.481 e.